The van der Waals surface area contributed by atoms with Crippen molar-refractivity contribution in [3.63, 3.8) is 0 Å². The summed E-state index contributed by atoms with van der Waals surface area (Å²) in [7, 11) is 0. The highest BCUT2D eigenvalue weighted by molar-refractivity contribution is 8.13. The van der Waals surface area contributed by atoms with E-state index in [9.17, 15) is 0 Å². The van der Waals surface area contributed by atoms with Gasteiger partial charge in [-0.1, -0.05) is 35.0 Å². The minimum atomic E-state index is 0.487. The van der Waals surface area contributed by atoms with Crippen molar-refractivity contribution in [1.29, 1.82) is 0 Å². The molecule has 0 bridgehead atoms. The first kappa shape index (κ1) is 11.7. The Bertz CT molecular complexity index is 354. The lowest BCUT2D eigenvalue weighted by molar-refractivity contribution is 1.43. The molecule has 0 aliphatic carbocycles. The number of hydrogen-bond donors (Lipinski definition) is 1. The van der Waals surface area contributed by atoms with Crippen molar-refractivity contribution in [2.45, 2.75) is 6.92 Å². The summed E-state index contributed by atoms with van der Waals surface area (Å²) in [5, 5.41) is 1.69. The van der Waals surface area contributed by atoms with E-state index in [1.165, 1.54) is 11.8 Å². The molecule has 0 heterocycles. The lowest BCUT2D eigenvalue weighted by Gasteiger charge is -2.03. The monoisotopic (exact) mass is 248 g/mol. The molecule has 1 aromatic carbocycles. The quantitative estimate of drug-likeness (QED) is 0.609. The fourth-order valence-electron chi connectivity index (χ4n) is 0.869. The number of rotatable bonds is 1. The van der Waals surface area contributed by atoms with E-state index in [4.69, 9.17) is 28.9 Å². The first-order chi connectivity index (χ1) is 6.54. The molecule has 0 spiro atoms. The Hall–Kier alpha value is -0.380. The number of benzene rings is 1. The van der Waals surface area contributed by atoms with Crippen molar-refractivity contribution < 1.29 is 0 Å². The van der Waals surface area contributed by atoms with Crippen LogP contribution in [0, 0.1) is 6.92 Å². The van der Waals surface area contributed by atoms with E-state index in [1.807, 2.05) is 13.2 Å². The molecule has 0 fully saturated rings. The van der Waals surface area contributed by atoms with Crippen molar-refractivity contribution >= 4 is 45.8 Å². The third-order valence-corrected chi connectivity index (χ3v) is 3.01. The molecule has 14 heavy (non-hydrogen) atoms. The van der Waals surface area contributed by atoms with E-state index in [0.717, 1.165) is 5.56 Å². The van der Waals surface area contributed by atoms with Crippen LogP contribution in [0.15, 0.2) is 17.1 Å². The van der Waals surface area contributed by atoms with Crippen molar-refractivity contribution in [2.75, 3.05) is 6.26 Å². The van der Waals surface area contributed by atoms with Crippen LogP contribution in [0.2, 0.25) is 10.0 Å². The minimum absolute atomic E-state index is 0.487. The number of halogens is 2. The predicted octanol–water partition coefficient (Wildman–Crippen LogP) is 3.61. The van der Waals surface area contributed by atoms with Crippen molar-refractivity contribution in [3.05, 3.63) is 27.7 Å². The topological polar surface area (TPSA) is 38.4 Å². The second-order valence-electron chi connectivity index (χ2n) is 2.69. The molecule has 0 saturated carbocycles. The summed E-state index contributed by atoms with van der Waals surface area (Å²) in [5.74, 6) is 0. The lowest BCUT2D eigenvalue weighted by atomic mass is 10.2. The SMILES string of the molecule is CSC(N)=Nc1cc(Cl)c(C)c(Cl)c1. The van der Waals surface area contributed by atoms with E-state index >= 15 is 0 Å². The molecule has 2 nitrogen and oxygen atoms in total. The maximum Gasteiger partial charge on any atom is 0.158 e. The van der Waals surface area contributed by atoms with Gasteiger partial charge in [-0.15, -0.1) is 0 Å². The van der Waals surface area contributed by atoms with E-state index in [2.05, 4.69) is 4.99 Å². The zero-order valence-corrected chi connectivity index (χ0v) is 10.2. The third kappa shape index (κ3) is 2.80. The van der Waals surface area contributed by atoms with Gasteiger partial charge in [0.05, 0.1) is 5.69 Å². The van der Waals surface area contributed by atoms with E-state index in [0.29, 0.717) is 20.9 Å². The number of thioether (sulfide) groups is 1. The average Bonchev–Trinajstić information content (AvgIpc) is 2.14. The smallest absolute Gasteiger partial charge is 0.158 e. The van der Waals surface area contributed by atoms with Crippen LogP contribution in [0.25, 0.3) is 0 Å². The van der Waals surface area contributed by atoms with Crippen LogP contribution in [0.5, 0.6) is 0 Å². The zero-order chi connectivity index (χ0) is 10.7. The summed E-state index contributed by atoms with van der Waals surface area (Å²) in [6.07, 6.45) is 1.86. The molecule has 5 heteroatoms. The highest BCUT2D eigenvalue weighted by atomic mass is 35.5. The summed E-state index contributed by atoms with van der Waals surface area (Å²) in [6, 6.07) is 3.48. The molecule has 0 unspecified atom stereocenters. The molecule has 76 valence electrons. The van der Waals surface area contributed by atoms with Gasteiger partial charge >= 0.3 is 0 Å². The molecule has 0 radical (unpaired) electrons. The van der Waals surface area contributed by atoms with Crippen LogP contribution in [0.1, 0.15) is 5.56 Å². The molecule has 1 rings (SSSR count). The summed E-state index contributed by atoms with van der Waals surface area (Å²) < 4.78 is 0. The fourth-order valence-corrected chi connectivity index (χ4v) is 1.54. The van der Waals surface area contributed by atoms with Gasteiger partial charge in [-0.05, 0) is 30.9 Å². The molecule has 0 aliphatic heterocycles. The van der Waals surface area contributed by atoms with Crippen LogP contribution < -0.4 is 5.73 Å². The van der Waals surface area contributed by atoms with Gasteiger partial charge in [-0.25, -0.2) is 4.99 Å². The lowest BCUT2D eigenvalue weighted by Crippen LogP contribution is -2.04. The maximum absolute atomic E-state index is 5.94. The molecule has 0 aromatic heterocycles. The Labute approximate surface area is 97.5 Å². The molecule has 2 N–H and O–H groups in total. The number of nitrogens with zero attached hydrogens (tertiary/aromatic N) is 1. The van der Waals surface area contributed by atoms with E-state index in [-0.39, 0.29) is 0 Å². The van der Waals surface area contributed by atoms with Gasteiger partial charge in [-0.2, -0.15) is 0 Å². The highest BCUT2D eigenvalue weighted by Gasteiger charge is 2.03. The Morgan fingerprint density at radius 1 is 1.36 bits per heavy atom. The summed E-state index contributed by atoms with van der Waals surface area (Å²) in [6.45, 7) is 1.86. The summed E-state index contributed by atoms with van der Waals surface area (Å²) in [4.78, 5) is 4.13. The van der Waals surface area contributed by atoms with E-state index < -0.39 is 0 Å². The van der Waals surface area contributed by atoms with Gasteiger partial charge in [0.1, 0.15) is 0 Å². The molecule has 1 aromatic rings. The number of aliphatic imine (C=N–C) groups is 1. The summed E-state index contributed by atoms with van der Waals surface area (Å²) >= 11 is 13.3. The fraction of sp³-hybridized carbons (Fsp3) is 0.222. The van der Waals surface area contributed by atoms with Gasteiger partial charge in [0.2, 0.25) is 0 Å². The second-order valence-corrected chi connectivity index (χ2v) is 4.33. The zero-order valence-electron chi connectivity index (χ0n) is 7.84. The Balaban J connectivity index is 3.13. The molecule has 0 atom stereocenters. The van der Waals surface area contributed by atoms with Crippen molar-refractivity contribution in [2.24, 2.45) is 10.7 Å². The minimum Gasteiger partial charge on any atom is -0.378 e. The number of hydrogen-bond acceptors (Lipinski definition) is 2. The van der Waals surface area contributed by atoms with Gasteiger partial charge in [0.25, 0.3) is 0 Å². The van der Waals surface area contributed by atoms with Crippen LogP contribution >= 0.6 is 35.0 Å². The van der Waals surface area contributed by atoms with Crippen LogP contribution in [0.4, 0.5) is 5.69 Å². The first-order valence-corrected chi connectivity index (χ1v) is 5.86. The first-order valence-electron chi connectivity index (χ1n) is 3.88. The van der Waals surface area contributed by atoms with Crippen LogP contribution in [0.3, 0.4) is 0 Å². The molecular weight excluding hydrogens is 239 g/mol. The molecule has 0 amide bonds. The standard InChI is InChI=1S/C9H10Cl2N2S/c1-5-7(10)3-6(4-8(5)11)13-9(12)14-2/h3-4H,1-2H3,(H2,12,13). The largest absolute Gasteiger partial charge is 0.378 e. The van der Waals surface area contributed by atoms with Gasteiger partial charge < -0.3 is 5.73 Å². The summed E-state index contributed by atoms with van der Waals surface area (Å²) in [5.41, 5.74) is 7.10. The maximum atomic E-state index is 5.94. The van der Waals surface area contributed by atoms with E-state index in [1.54, 1.807) is 12.1 Å². The third-order valence-electron chi connectivity index (χ3n) is 1.71. The van der Waals surface area contributed by atoms with Gasteiger partial charge in [0, 0.05) is 10.0 Å². The molecule has 0 saturated heterocycles. The number of nitrogens with two attached hydrogens (primary N) is 1. The van der Waals surface area contributed by atoms with Crippen molar-refractivity contribution in [1.82, 2.24) is 0 Å². The van der Waals surface area contributed by atoms with Crippen molar-refractivity contribution in [3.8, 4) is 0 Å². The number of amidine groups is 1. The molecule has 0 aliphatic rings. The predicted molar refractivity (Wildman–Crippen MR) is 66.0 cm³/mol. The average molecular weight is 249 g/mol. The second kappa shape index (κ2) is 4.91. The normalized spacial score (nSPS) is 11.9. The molecular formula is C9H10Cl2N2S. The Kier molecular flexibility index (Phi) is 4.11. The highest BCUT2D eigenvalue weighted by Crippen LogP contribution is 2.29. The Morgan fingerprint density at radius 3 is 2.29 bits per heavy atom. The Morgan fingerprint density at radius 2 is 1.86 bits per heavy atom. The van der Waals surface area contributed by atoms with Crippen LogP contribution in [-0.4, -0.2) is 11.4 Å². The van der Waals surface area contributed by atoms with Gasteiger partial charge in [-0.3, -0.25) is 0 Å². The van der Waals surface area contributed by atoms with Gasteiger partial charge in [0.15, 0.2) is 5.17 Å². The van der Waals surface area contributed by atoms with Crippen LogP contribution in [-0.2, 0) is 0 Å².